The van der Waals surface area contributed by atoms with E-state index in [0.29, 0.717) is 19.8 Å². The molecule has 0 spiro atoms. The van der Waals surface area contributed by atoms with Crippen molar-refractivity contribution in [3.63, 3.8) is 0 Å². The van der Waals surface area contributed by atoms with E-state index in [1.165, 1.54) is 12.8 Å². The van der Waals surface area contributed by atoms with Gasteiger partial charge in [-0.25, -0.2) is 4.79 Å². The third-order valence-electron chi connectivity index (χ3n) is 3.04. The van der Waals surface area contributed by atoms with E-state index in [1.54, 1.807) is 6.92 Å². The van der Waals surface area contributed by atoms with E-state index in [1.807, 2.05) is 24.3 Å². The summed E-state index contributed by atoms with van der Waals surface area (Å²) in [4.78, 5) is 11.1. The van der Waals surface area contributed by atoms with Crippen molar-refractivity contribution in [2.75, 3.05) is 19.8 Å². The highest BCUT2D eigenvalue weighted by Crippen LogP contribution is 2.19. The van der Waals surface area contributed by atoms with Crippen molar-refractivity contribution < 1.29 is 19.0 Å². The first-order valence-electron chi connectivity index (χ1n) is 7.95. The number of rotatable bonds is 10. The van der Waals surface area contributed by atoms with Crippen LogP contribution in [0.5, 0.6) is 11.5 Å². The largest absolute Gasteiger partial charge is 0.492 e. The van der Waals surface area contributed by atoms with Crippen LogP contribution in [0.3, 0.4) is 0 Å². The van der Waals surface area contributed by atoms with Crippen molar-refractivity contribution in [2.24, 2.45) is 0 Å². The SMILES string of the molecule is CCCCC(C)Oc1ccc(OCCNC(=O)OCC)cc1. The lowest BCUT2D eigenvalue weighted by Gasteiger charge is -2.14. The third-order valence-corrected chi connectivity index (χ3v) is 3.04. The molecule has 1 rings (SSSR count). The van der Waals surface area contributed by atoms with Gasteiger partial charge in [0, 0.05) is 0 Å². The minimum atomic E-state index is -0.420. The standard InChI is InChI=1S/C17H27NO4/c1-4-6-7-14(3)22-16-10-8-15(9-11-16)21-13-12-18-17(19)20-5-2/h8-11,14H,4-7,12-13H2,1-3H3,(H,18,19). The van der Waals surface area contributed by atoms with Crippen LogP contribution in [-0.4, -0.2) is 32.0 Å². The van der Waals surface area contributed by atoms with Gasteiger partial charge in [0.05, 0.1) is 19.3 Å². The molecule has 0 heterocycles. The second kappa shape index (κ2) is 10.8. The Bertz CT molecular complexity index is 419. The fourth-order valence-electron chi connectivity index (χ4n) is 1.90. The normalized spacial score (nSPS) is 11.6. The van der Waals surface area contributed by atoms with Crippen molar-refractivity contribution >= 4 is 6.09 Å². The van der Waals surface area contributed by atoms with Gasteiger partial charge in [-0.2, -0.15) is 0 Å². The molecule has 1 aromatic rings. The van der Waals surface area contributed by atoms with Crippen LogP contribution in [0.4, 0.5) is 4.79 Å². The lowest BCUT2D eigenvalue weighted by atomic mass is 10.2. The van der Waals surface area contributed by atoms with E-state index in [-0.39, 0.29) is 6.10 Å². The maximum Gasteiger partial charge on any atom is 0.407 e. The van der Waals surface area contributed by atoms with Gasteiger partial charge in [-0.05, 0) is 44.5 Å². The maximum atomic E-state index is 11.1. The number of nitrogens with one attached hydrogen (secondary N) is 1. The van der Waals surface area contributed by atoms with Gasteiger partial charge in [0.1, 0.15) is 18.1 Å². The summed E-state index contributed by atoms with van der Waals surface area (Å²) in [5.74, 6) is 1.60. The van der Waals surface area contributed by atoms with Crippen LogP contribution < -0.4 is 14.8 Å². The molecule has 0 fully saturated rings. The molecule has 5 heteroatoms. The second-order valence-electron chi connectivity index (χ2n) is 5.04. The summed E-state index contributed by atoms with van der Waals surface area (Å²) in [5.41, 5.74) is 0. The predicted molar refractivity (Wildman–Crippen MR) is 86.6 cm³/mol. The Morgan fingerprint density at radius 3 is 2.50 bits per heavy atom. The second-order valence-corrected chi connectivity index (χ2v) is 5.04. The first kappa shape index (κ1) is 18.1. The Morgan fingerprint density at radius 2 is 1.86 bits per heavy atom. The van der Waals surface area contributed by atoms with Crippen molar-refractivity contribution in [1.29, 1.82) is 0 Å². The lowest BCUT2D eigenvalue weighted by molar-refractivity contribution is 0.150. The summed E-state index contributed by atoms with van der Waals surface area (Å²) in [6.45, 7) is 7.20. The Morgan fingerprint density at radius 1 is 1.18 bits per heavy atom. The molecule has 5 nitrogen and oxygen atoms in total. The van der Waals surface area contributed by atoms with Gasteiger partial charge < -0.3 is 19.5 Å². The zero-order valence-electron chi connectivity index (χ0n) is 13.8. The molecule has 0 aliphatic rings. The van der Waals surface area contributed by atoms with Crippen LogP contribution in [0.1, 0.15) is 40.0 Å². The molecule has 0 bridgehead atoms. The molecule has 1 aromatic carbocycles. The highest BCUT2D eigenvalue weighted by molar-refractivity contribution is 5.66. The van der Waals surface area contributed by atoms with Gasteiger partial charge in [0.15, 0.2) is 0 Å². The van der Waals surface area contributed by atoms with Gasteiger partial charge >= 0.3 is 6.09 Å². The number of alkyl carbamates (subject to hydrolysis) is 1. The number of hydrogen-bond donors (Lipinski definition) is 1. The fourth-order valence-corrected chi connectivity index (χ4v) is 1.90. The highest BCUT2D eigenvalue weighted by atomic mass is 16.5. The van der Waals surface area contributed by atoms with E-state index in [0.717, 1.165) is 17.9 Å². The van der Waals surface area contributed by atoms with Crippen LogP contribution in [0.15, 0.2) is 24.3 Å². The van der Waals surface area contributed by atoms with Crippen molar-refractivity contribution in [1.82, 2.24) is 5.32 Å². The fraction of sp³-hybridized carbons (Fsp3) is 0.588. The summed E-state index contributed by atoms with van der Waals surface area (Å²) in [6, 6.07) is 7.53. The Labute approximate surface area is 132 Å². The molecule has 1 atom stereocenters. The van der Waals surface area contributed by atoms with E-state index in [2.05, 4.69) is 19.2 Å². The first-order chi connectivity index (χ1) is 10.7. The molecule has 22 heavy (non-hydrogen) atoms. The van der Waals surface area contributed by atoms with Crippen molar-refractivity contribution in [3.8, 4) is 11.5 Å². The maximum absolute atomic E-state index is 11.1. The van der Waals surface area contributed by atoms with E-state index in [9.17, 15) is 4.79 Å². The number of unbranched alkanes of at least 4 members (excludes halogenated alkanes) is 1. The molecule has 0 aromatic heterocycles. The molecule has 0 aliphatic heterocycles. The van der Waals surface area contributed by atoms with Crippen LogP contribution in [0, 0.1) is 0 Å². The molecule has 124 valence electrons. The summed E-state index contributed by atoms with van der Waals surface area (Å²) in [7, 11) is 0. The molecular weight excluding hydrogens is 282 g/mol. The topological polar surface area (TPSA) is 56.8 Å². The summed E-state index contributed by atoms with van der Waals surface area (Å²) in [6.07, 6.45) is 3.22. The monoisotopic (exact) mass is 309 g/mol. The molecule has 1 unspecified atom stereocenters. The molecule has 0 radical (unpaired) electrons. The quantitative estimate of drug-likeness (QED) is 0.668. The van der Waals surface area contributed by atoms with Gasteiger partial charge in [0.2, 0.25) is 0 Å². The van der Waals surface area contributed by atoms with Crippen LogP contribution >= 0.6 is 0 Å². The zero-order chi connectivity index (χ0) is 16.2. The molecule has 0 aliphatic carbocycles. The van der Waals surface area contributed by atoms with E-state index < -0.39 is 6.09 Å². The lowest BCUT2D eigenvalue weighted by Crippen LogP contribution is -2.28. The Kier molecular flexibility index (Phi) is 8.88. The molecule has 1 N–H and O–H groups in total. The third kappa shape index (κ3) is 7.76. The number of amides is 1. The van der Waals surface area contributed by atoms with Crippen LogP contribution in [0.25, 0.3) is 0 Å². The zero-order valence-corrected chi connectivity index (χ0v) is 13.8. The van der Waals surface area contributed by atoms with Gasteiger partial charge in [-0.1, -0.05) is 19.8 Å². The predicted octanol–water partition coefficient (Wildman–Crippen LogP) is 3.77. The van der Waals surface area contributed by atoms with Crippen molar-refractivity contribution in [2.45, 2.75) is 46.1 Å². The Balaban J connectivity index is 2.25. The van der Waals surface area contributed by atoms with Gasteiger partial charge in [-0.15, -0.1) is 0 Å². The average molecular weight is 309 g/mol. The summed E-state index contributed by atoms with van der Waals surface area (Å²) < 4.78 is 16.1. The Hall–Kier alpha value is -1.91. The molecular formula is C17H27NO4. The van der Waals surface area contributed by atoms with Gasteiger partial charge in [0.25, 0.3) is 0 Å². The van der Waals surface area contributed by atoms with Crippen LogP contribution in [-0.2, 0) is 4.74 Å². The number of carbonyl (C=O) groups excluding carboxylic acids is 1. The van der Waals surface area contributed by atoms with Crippen molar-refractivity contribution in [3.05, 3.63) is 24.3 Å². The number of benzene rings is 1. The molecule has 0 saturated carbocycles. The van der Waals surface area contributed by atoms with Crippen LogP contribution in [0.2, 0.25) is 0 Å². The number of ether oxygens (including phenoxy) is 3. The smallest absolute Gasteiger partial charge is 0.407 e. The highest BCUT2D eigenvalue weighted by Gasteiger charge is 2.04. The summed E-state index contributed by atoms with van der Waals surface area (Å²) in [5, 5.41) is 2.60. The first-order valence-corrected chi connectivity index (χ1v) is 7.95. The minimum Gasteiger partial charge on any atom is -0.492 e. The van der Waals surface area contributed by atoms with Gasteiger partial charge in [-0.3, -0.25) is 0 Å². The average Bonchev–Trinajstić information content (AvgIpc) is 2.51. The summed E-state index contributed by atoms with van der Waals surface area (Å²) >= 11 is 0. The molecule has 1 amide bonds. The van der Waals surface area contributed by atoms with E-state index >= 15 is 0 Å². The minimum absolute atomic E-state index is 0.223. The van der Waals surface area contributed by atoms with E-state index in [4.69, 9.17) is 14.2 Å². The number of carbonyl (C=O) groups is 1. The number of hydrogen-bond acceptors (Lipinski definition) is 4. The molecule has 0 saturated heterocycles.